The monoisotopic (exact) mass is 275 g/mol. The third kappa shape index (κ3) is 3.40. The Hall–Kier alpha value is -1.25. The molecule has 0 aromatic carbocycles. The summed E-state index contributed by atoms with van der Waals surface area (Å²) in [7, 11) is 0. The zero-order valence-corrected chi connectivity index (χ0v) is 10.2. The highest BCUT2D eigenvalue weighted by Gasteiger charge is 2.34. The van der Waals surface area contributed by atoms with Crippen molar-refractivity contribution < 1.29 is 17.9 Å². The molecule has 1 unspecified atom stereocenters. The summed E-state index contributed by atoms with van der Waals surface area (Å²) in [6.07, 6.45) is -2.22. The number of ether oxygens (including phenoxy) is 1. The molecule has 0 aliphatic carbocycles. The molecule has 0 amide bonds. The van der Waals surface area contributed by atoms with Crippen LogP contribution in [-0.2, 0) is 10.9 Å². The lowest BCUT2D eigenvalue weighted by atomic mass is 10.1. The van der Waals surface area contributed by atoms with E-state index in [9.17, 15) is 13.2 Å². The molecule has 2 heterocycles. The Balaban J connectivity index is 2.14. The lowest BCUT2D eigenvalue weighted by Gasteiger charge is -2.35. The topological polar surface area (TPSA) is 62.0 Å². The second-order valence-electron chi connectivity index (χ2n) is 4.21. The standard InChI is InChI=1S/C11H14F3N4O/c12-11(13,14)10-16-6-8(7-17-10)9(5-15)18-1-3-19-4-2-18/h6-7,9,15H,1-5H2/q-1. The molecule has 2 rings (SSSR count). The number of halogens is 3. The van der Waals surface area contributed by atoms with Gasteiger partial charge in [0.25, 0.3) is 0 Å². The molecule has 5 nitrogen and oxygen atoms in total. The third-order valence-corrected chi connectivity index (χ3v) is 2.99. The van der Waals surface area contributed by atoms with Gasteiger partial charge in [-0.1, -0.05) is 0 Å². The van der Waals surface area contributed by atoms with Crippen molar-refractivity contribution in [2.45, 2.75) is 12.2 Å². The van der Waals surface area contributed by atoms with E-state index in [0.717, 1.165) is 12.4 Å². The van der Waals surface area contributed by atoms with Crippen molar-refractivity contribution in [1.29, 1.82) is 0 Å². The lowest BCUT2D eigenvalue weighted by molar-refractivity contribution is -0.145. The van der Waals surface area contributed by atoms with E-state index < -0.39 is 12.0 Å². The number of morpholine rings is 1. The maximum Gasteiger partial charge on any atom is 0.451 e. The predicted molar refractivity (Wildman–Crippen MR) is 61.4 cm³/mol. The molecule has 8 heteroatoms. The highest BCUT2D eigenvalue weighted by atomic mass is 19.4. The van der Waals surface area contributed by atoms with Crippen LogP contribution in [0.15, 0.2) is 12.4 Å². The Bertz CT molecular complexity index is 403. The molecule has 1 fully saturated rings. The molecule has 0 bridgehead atoms. The van der Waals surface area contributed by atoms with Crippen LogP contribution in [0.4, 0.5) is 13.2 Å². The molecule has 1 aliphatic heterocycles. The average molecular weight is 275 g/mol. The van der Waals surface area contributed by atoms with Crippen molar-refractivity contribution in [3.63, 3.8) is 0 Å². The Morgan fingerprint density at radius 3 is 2.32 bits per heavy atom. The van der Waals surface area contributed by atoms with E-state index >= 15 is 0 Å². The molecule has 0 saturated carbocycles. The van der Waals surface area contributed by atoms with Gasteiger partial charge in [0.15, 0.2) is 0 Å². The van der Waals surface area contributed by atoms with E-state index in [0.29, 0.717) is 31.9 Å². The van der Waals surface area contributed by atoms with E-state index in [-0.39, 0.29) is 12.6 Å². The number of alkyl halides is 3. The molecule has 19 heavy (non-hydrogen) atoms. The Labute approximate surface area is 108 Å². The molecule has 0 radical (unpaired) electrons. The predicted octanol–water partition coefficient (Wildman–Crippen LogP) is 1.92. The number of rotatable bonds is 3. The van der Waals surface area contributed by atoms with Gasteiger partial charge in [0, 0.05) is 37.1 Å². The molecule has 1 aromatic rings. The number of nitrogens with zero attached hydrogens (tertiary/aromatic N) is 3. The quantitative estimate of drug-likeness (QED) is 0.845. The molecule has 1 aliphatic rings. The fraction of sp³-hybridized carbons (Fsp3) is 0.636. The van der Waals surface area contributed by atoms with Crippen LogP contribution in [0.25, 0.3) is 5.73 Å². The van der Waals surface area contributed by atoms with Crippen molar-refractivity contribution in [3.05, 3.63) is 29.5 Å². The van der Waals surface area contributed by atoms with E-state index in [2.05, 4.69) is 9.97 Å². The van der Waals surface area contributed by atoms with Crippen LogP contribution < -0.4 is 0 Å². The first-order valence-electron chi connectivity index (χ1n) is 5.88. The smallest absolute Gasteiger partial charge is 0.451 e. The van der Waals surface area contributed by atoms with Crippen molar-refractivity contribution >= 4 is 0 Å². The van der Waals surface area contributed by atoms with Crippen LogP contribution in [0.1, 0.15) is 17.4 Å². The minimum atomic E-state index is -4.53. The summed E-state index contributed by atoms with van der Waals surface area (Å²) in [5, 5.41) is 0. The zero-order valence-electron chi connectivity index (χ0n) is 10.2. The molecule has 106 valence electrons. The van der Waals surface area contributed by atoms with Crippen LogP contribution in [0.2, 0.25) is 0 Å². The van der Waals surface area contributed by atoms with Crippen LogP contribution in [0.5, 0.6) is 0 Å². The highest BCUT2D eigenvalue weighted by Crippen LogP contribution is 2.27. The summed E-state index contributed by atoms with van der Waals surface area (Å²) in [5.41, 5.74) is 8.08. The SMILES string of the molecule is [NH-]CC(c1cnc(C(F)(F)F)nc1)N1CCOCC1. The van der Waals surface area contributed by atoms with Gasteiger partial charge in [-0.25, -0.2) is 9.97 Å². The van der Waals surface area contributed by atoms with Crippen molar-refractivity contribution in [2.24, 2.45) is 0 Å². The van der Waals surface area contributed by atoms with E-state index in [1.807, 2.05) is 4.90 Å². The summed E-state index contributed by atoms with van der Waals surface area (Å²) in [5.74, 6) is -1.15. The first kappa shape index (κ1) is 14.2. The van der Waals surface area contributed by atoms with Gasteiger partial charge in [0.2, 0.25) is 5.82 Å². The highest BCUT2D eigenvalue weighted by molar-refractivity contribution is 5.13. The second kappa shape index (κ2) is 5.81. The normalized spacial score (nSPS) is 19.4. The van der Waals surface area contributed by atoms with E-state index in [1.165, 1.54) is 0 Å². The molecular weight excluding hydrogens is 261 g/mol. The van der Waals surface area contributed by atoms with Crippen LogP contribution >= 0.6 is 0 Å². The van der Waals surface area contributed by atoms with Gasteiger partial charge in [0.05, 0.1) is 13.2 Å². The zero-order chi connectivity index (χ0) is 13.9. The van der Waals surface area contributed by atoms with E-state index in [1.54, 1.807) is 0 Å². The summed E-state index contributed by atoms with van der Waals surface area (Å²) in [4.78, 5) is 8.68. The van der Waals surface area contributed by atoms with Crippen molar-refractivity contribution in [2.75, 3.05) is 32.8 Å². The molecule has 1 saturated heterocycles. The first-order valence-corrected chi connectivity index (χ1v) is 5.88. The lowest BCUT2D eigenvalue weighted by Crippen LogP contribution is -2.40. The van der Waals surface area contributed by atoms with Crippen LogP contribution in [0.3, 0.4) is 0 Å². The molecule has 1 N–H and O–H groups in total. The number of nitrogens with one attached hydrogen (secondary N) is 1. The molecule has 0 spiro atoms. The molecule has 1 atom stereocenters. The van der Waals surface area contributed by atoms with Gasteiger partial charge in [-0.3, -0.25) is 4.90 Å². The minimum Gasteiger partial charge on any atom is -0.676 e. The van der Waals surface area contributed by atoms with Crippen molar-refractivity contribution in [1.82, 2.24) is 14.9 Å². The van der Waals surface area contributed by atoms with Gasteiger partial charge in [-0.05, 0) is 0 Å². The van der Waals surface area contributed by atoms with Gasteiger partial charge in [-0.2, -0.15) is 13.2 Å². The minimum absolute atomic E-state index is 0.0503. The summed E-state index contributed by atoms with van der Waals surface area (Å²) >= 11 is 0. The number of hydrogen-bond acceptors (Lipinski definition) is 4. The largest absolute Gasteiger partial charge is 0.676 e. The van der Waals surface area contributed by atoms with Crippen molar-refractivity contribution in [3.8, 4) is 0 Å². The van der Waals surface area contributed by atoms with Gasteiger partial charge in [-0.15, -0.1) is 6.54 Å². The number of aromatic nitrogens is 2. The van der Waals surface area contributed by atoms with Crippen LogP contribution in [0, 0.1) is 0 Å². The second-order valence-corrected chi connectivity index (χ2v) is 4.21. The van der Waals surface area contributed by atoms with Crippen LogP contribution in [-0.4, -0.2) is 47.7 Å². The molecular formula is C11H14F3N4O-. The maximum absolute atomic E-state index is 12.4. The van der Waals surface area contributed by atoms with Gasteiger partial charge >= 0.3 is 6.18 Å². The Morgan fingerprint density at radius 2 is 1.84 bits per heavy atom. The Morgan fingerprint density at radius 1 is 1.26 bits per heavy atom. The fourth-order valence-corrected chi connectivity index (χ4v) is 2.00. The summed E-state index contributed by atoms with van der Waals surface area (Å²) < 4.78 is 42.3. The fourth-order valence-electron chi connectivity index (χ4n) is 2.00. The summed E-state index contributed by atoms with van der Waals surface area (Å²) in [6.45, 7) is 2.50. The van der Waals surface area contributed by atoms with Gasteiger partial charge < -0.3 is 10.5 Å². The van der Waals surface area contributed by atoms with E-state index in [4.69, 9.17) is 10.5 Å². The van der Waals surface area contributed by atoms with Gasteiger partial charge in [0.1, 0.15) is 0 Å². The molecule has 1 aromatic heterocycles. The third-order valence-electron chi connectivity index (χ3n) is 2.99. The Kier molecular flexibility index (Phi) is 4.33. The summed E-state index contributed by atoms with van der Waals surface area (Å²) in [6, 6.07) is -0.286. The number of hydrogen-bond donors (Lipinski definition) is 0. The first-order chi connectivity index (χ1) is 9.02. The maximum atomic E-state index is 12.4. The average Bonchev–Trinajstić information content (AvgIpc) is 2.40.